The average molecular weight is 298 g/mol. The van der Waals surface area contributed by atoms with E-state index in [9.17, 15) is 4.79 Å². The third kappa shape index (κ3) is 3.85. The van der Waals surface area contributed by atoms with Crippen molar-refractivity contribution >= 4 is 5.91 Å². The summed E-state index contributed by atoms with van der Waals surface area (Å²) in [6.45, 7) is 2.73. The maximum Gasteiger partial charge on any atom is 0.253 e. The molecule has 0 saturated carbocycles. The van der Waals surface area contributed by atoms with Crippen molar-refractivity contribution in [1.82, 2.24) is 9.88 Å². The zero-order valence-electron chi connectivity index (χ0n) is 13.4. The lowest BCUT2D eigenvalue weighted by Gasteiger charge is -2.18. The second kappa shape index (κ2) is 7.59. The molecule has 4 nitrogen and oxygen atoms in total. The van der Waals surface area contributed by atoms with E-state index < -0.39 is 0 Å². The maximum absolute atomic E-state index is 12.5. The molecule has 0 fully saturated rings. The zero-order valence-corrected chi connectivity index (χ0v) is 13.4. The van der Waals surface area contributed by atoms with Gasteiger partial charge in [0.2, 0.25) is 0 Å². The largest absolute Gasteiger partial charge is 0.496 e. The number of nitrogens with zero attached hydrogens (tertiary/aromatic N) is 2. The third-order valence-corrected chi connectivity index (χ3v) is 3.74. The molecule has 116 valence electrons. The van der Waals surface area contributed by atoms with Crippen LogP contribution in [-0.4, -0.2) is 36.5 Å². The Morgan fingerprint density at radius 1 is 1.23 bits per heavy atom. The lowest BCUT2D eigenvalue weighted by atomic mass is 10.1. The van der Waals surface area contributed by atoms with E-state index in [2.05, 4.69) is 11.9 Å². The van der Waals surface area contributed by atoms with Crippen molar-refractivity contribution in [2.24, 2.45) is 0 Å². The Morgan fingerprint density at radius 2 is 1.95 bits per heavy atom. The predicted molar refractivity (Wildman–Crippen MR) is 87.3 cm³/mol. The van der Waals surface area contributed by atoms with Gasteiger partial charge in [-0.15, -0.1) is 0 Å². The standard InChI is InChI=1S/C18H22N2O2/c1-4-15-13-16(5-6-17(15)22-3)18(21)20(2)12-9-14-7-10-19-11-8-14/h5-8,10-11,13H,4,9,12H2,1-3H3. The monoisotopic (exact) mass is 298 g/mol. The van der Waals surface area contributed by atoms with Gasteiger partial charge in [0.15, 0.2) is 0 Å². The fourth-order valence-electron chi connectivity index (χ4n) is 2.36. The highest BCUT2D eigenvalue weighted by molar-refractivity contribution is 5.94. The SMILES string of the molecule is CCc1cc(C(=O)N(C)CCc2ccncc2)ccc1OC. The first-order valence-electron chi connectivity index (χ1n) is 7.47. The van der Waals surface area contributed by atoms with Crippen LogP contribution in [0.5, 0.6) is 5.75 Å². The van der Waals surface area contributed by atoms with Crippen molar-refractivity contribution < 1.29 is 9.53 Å². The number of hydrogen-bond acceptors (Lipinski definition) is 3. The van der Waals surface area contributed by atoms with E-state index in [-0.39, 0.29) is 5.91 Å². The van der Waals surface area contributed by atoms with Gasteiger partial charge in [0.25, 0.3) is 5.91 Å². The summed E-state index contributed by atoms with van der Waals surface area (Å²) in [7, 11) is 3.48. The number of carbonyl (C=O) groups is 1. The molecule has 1 aromatic carbocycles. The number of aryl methyl sites for hydroxylation is 1. The molecule has 1 aromatic heterocycles. The van der Waals surface area contributed by atoms with Gasteiger partial charge in [-0.05, 0) is 54.3 Å². The summed E-state index contributed by atoms with van der Waals surface area (Å²) in [6, 6.07) is 9.55. The Balaban J connectivity index is 2.04. The molecule has 2 aromatic rings. The minimum Gasteiger partial charge on any atom is -0.496 e. The smallest absolute Gasteiger partial charge is 0.253 e. The summed E-state index contributed by atoms with van der Waals surface area (Å²) < 4.78 is 5.31. The number of rotatable bonds is 6. The highest BCUT2D eigenvalue weighted by atomic mass is 16.5. The molecule has 0 bridgehead atoms. The van der Waals surface area contributed by atoms with Crippen molar-refractivity contribution in [2.75, 3.05) is 20.7 Å². The lowest BCUT2D eigenvalue weighted by molar-refractivity contribution is 0.0796. The lowest BCUT2D eigenvalue weighted by Crippen LogP contribution is -2.28. The van der Waals surface area contributed by atoms with Crippen LogP contribution in [0.3, 0.4) is 0 Å². The molecule has 0 atom stereocenters. The summed E-state index contributed by atoms with van der Waals surface area (Å²) in [6.07, 6.45) is 5.20. The highest BCUT2D eigenvalue weighted by Gasteiger charge is 2.13. The molecule has 0 aliphatic rings. The number of methoxy groups -OCH3 is 1. The third-order valence-electron chi connectivity index (χ3n) is 3.74. The summed E-state index contributed by atoms with van der Waals surface area (Å²) in [5.74, 6) is 0.866. The molecule has 0 aliphatic carbocycles. The van der Waals surface area contributed by atoms with Gasteiger partial charge in [0.1, 0.15) is 5.75 Å². The van der Waals surface area contributed by atoms with Crippen LogP contribution >= 0.6 is 0 Å². The first-order valence-corrected chi connectivity index (χ1v) is 7.47. The van der Waals surface area contributed by atoms with Crippen molar-refractivity contribution in [1.29, 1.82) is 0 Å². The quantitative estimate of drug-likeness (QED) is 0.823. The number of pyridine rings is 1. The Labute approximate surface area is 131 Å². The maximum atomic E-state index is 12.5. The van der Waals surface area contributed by atoms with Crippen molar-refractivity contribution in [3.8, 4) is 5.75 Å². The van der Waals surface area contributed by atoms with E-state index in [0.29, 0.717) is 12.1 Å². The van der Waals surface area contributed by atoms with Gasteiger partial charge >= 0.3 is 0 Å². The Hall–Kier alpha value is -2.36. The molecule has 0 unspecified atom stereocenters. The molecule has 1 amide bonds. The van der Waals surface area contributed by atoms with Crippen molar-refractivity contribution in [3.63, 3.8) is 0 Å². The number of ether oxygens (including phenoxy) is 1. The second-order valence-corrected chi connectivity index (χ2v) is 5.21. The fraction of sp³-hybridized carbons (Fsp3) is 0.333. The van der Waals surface area contributed by atoms with Crippen LogP contribution in [0.2, 0.25) is 0 Å². The van der Waals surface area contributed by atoms with Gasteiger partial charge in [0.05, 0.1) is 7.11 Å². The van der Waals surface area contributed by atoms with Gasteiger partial charge in [-0.3, -0.25) is 9.78 Å². The van der Waals surface area contributed by atoms with Crippen LogP contribution in [0.15, 0.2) is 42.7 Å². The summed E-state index contributed by atoms with van der Waals surface area (Å²) in [5, 5.41) is 0. The molecule has 0 saturated heterocycles. The summed E-state index contributed by atoms with van der Waals surface area (Å²) in [5.41, 5.74) is 2.93. The molecule has 22 heavy (non-hydrogen) atoms. The van der Waals surface area contributed by atoms with E-state index in [0.717, 1.165) is 24.2 Å². The predicted octanol–water partition coefficient (Wildman–Crippen LogP) is 2.97. The van der Waals surface area contributed by atoms with Gasteiger partial charge < -0.3 is 9.64 Å². The number of benzene rings is 1. The number of carbonyl (C=O) groups excluding carboxylic acids is 1. The highest BCUT2D eigenvalue weighted by Crippen LogP contribution is 2.21. The molecular formula is C18H22N2O2. The zero-order chi connectivity index (χ0) is 15.9. The molecule has 4 heteroatoms. The van der Waals surface area contributed by atoms with Crippen LogP contribution in [0.4, 0.5) is 0 Å². The number of hydrogen-bond donors (Lipinski definition) is 0. The van der Waals surface area contributed by atoms with E-state index in [1.807, 2.05) is 37.4 Å². The fourth-order valence-corrected chi connectivity index (χ4v) is 2.36. The van der Waals surface area contributed by atoms with Crippen LogP contribution in [0, 0.1) is 0 Å². The van der Waals surface area contributed by atoms with E-state index in [1.54, 1.807) is 24.4 Å². The topological polar surface area (TPSA) is 42.4 Å². The number of aromatic nitrogens is 1. The van der Waals surface area contributed by atoms with Gasteiger partial charge in [-0.1, -0.05) is 6.92 Å². The summed E-state index contributed by atoms with van der Waals surface area (Å²) >= 11 is 0. The molecule has 0 spiro atoms. The molecular weight excluding hydrogens is 276 g/mol. The Bertz CT molecular complexity index is 626. The Kier molecular flexibility index (Phi) is 5.53. The van der Waals surface area contributed by atoms with E-state index >= 15 is 0 Å². The normalized spacial score (nSPS) is 10.3. The van der Waals surface area contributed by atoms with Gasteiger partial charge in [0, 0.05) is 31.5 Å². The van der Waals surface area contributed by atoms with Crippen molar-refractivity contribution in [3.05, 3.63) is 59.4 Å². The average Bonchev–Trinajstić information content (AvgIpc) is 2.59. The van der Waals surface area contributed by atoms with Crippen molar-refractivity contribution in [2.45, 2.75) is 19.8 Å². The Morgan fingerprint density at radius 3 is 2.59 bits per heavy atom. The van der Waals surface area contributed by atoms with Gasteiger partial charge in [-0.25, -0.2) is 0 Å². The molecule has 0 aliphatic heterocycles. The molecule has 0 radical (unpaired) electrons. The minimum atomic E-state index is 0.0337. The molecule has 0 N–H and O–H groups in total. The molecule has 2 rings (SSSR count). The minimum absolute atomic E-state index is 0.0337. The van der Waals surface area contributed by atoms with Gasteiger partial charge in [-0.2, -0.15) is 0 Å². The van der Waals surface area contributed by atoms with E-state index in [4.69, 9.17) is 4.74 Å². The van der Waals surface area contributed by atoms with Crippen LogP contribution < -0.4 is 4.74 Å². The first-order chi connectivity index (χ1) is 10.7. The van der Waals surface area contributed by atoms with Crippen LogP contribution in [0.1, 0.15) is 28.4 Å². The number of likely N-dealkylation sites (N-methyl/N-ethyl adjacent to an activating group) is 1. The summed E-state index contributed by atoms with van der Waals surface area (Å²) in [4.78, 5) is 18.3. The van der Waals surface area contributed by atoms with Crippen LogP contribution in [-0.2, 0) is 12.8 Å². The second-order valence-electron chi connectivity index (χ2n) is 5.21. The first kappa shape index (κ1) is 16.0. The van der Waals surface area contributed by atoms with E-state index in [1.165, 1.54) is 5.56 Å². The van der Waals surface area contributed by atoms with Crippen LogP contribution in [0.25, 0.3) is 0 Å². The number of amides is 1. The molecule has 1 heterocycles.